The van der Waals surface area contributed by atoms with Crippen LogP contribution in [0.5, 0.6) is 0 Å². The molecule has 0 saturated carbocycles. The van der Waals surface area contributed by atoms with Crippen molar-refractivity contribution in [2.45, 2.75) is 13.0 Å². The van der Waals surface area contributed by atoms with Crippen LogP contribution in [-0.2, 0) is 9.53 Å². The molecule has 18 heavy (non-hydrogen) atoms. The highest BCUT2D eigenvalue weighted by atomic mass is 16.5. The third-order valence-corrected chi connectivity index (χ3v) is 2.75. The minimum atomic E-state index is -0.559. The molecule has 0 radical (unpaired) electrons. The number of aromatic nitrogens is 1. The van der Waals surface area contributed by atoms with Crippen molar-refractivity contribution in [3.8, 4) is 0 Å². The van der Waals surface area contributed by atoms with Gasteiger partial charge in [0.05, 0.1) is 13.2 Å². The smallest absolute Gasteiger partial charge is 0.354 e. The summed E-state index contributed by atoms with van der Waals surface area (Å²) in [5, 5.41) is 5.19. The number of nitrogens with zero attached hydrogens (tertiary/aromatic N) is 1. The van der Waals surface area contributed by atoms with E-state index in [1.807, 2.05) is 6.07 Å². The van der Waals surface area contributed by atoms with Crippen LogP contribution in [0.2, 0.25) is 0 Å². The van der Waals surface area contributed by atoms with Crippen LogP contribution in [0.3, 0.4) is 0 Å². The van der Waals surface area contributed by atoms with E-state index < -0.39 is 12.0 Å². The van der Waals surface area contributed by atoms with Gasteiger partial charge in [-0.2, -0.15) is 0 Å². The van der Waals surface area contributed by atoms with Gasteiger partial charge in [-0.1, -0.05) is 6.07 Å². The van der Waals surface area contributed by atoms with E-state index in [0.717, 1.165) is 5.56 Å². The number of amides is 2. The molecular weight excluding hydrogens is 234 g/mol. The first kappa shape index (κ1) is 12.1. The van der Waals surface area contributed by atoms with Crippen LogP contribution < -0.4 is 10.6 Å². The summed E-state index contributed by atoms with van der Waals surface area (Å²) >= 11 is 0. The van der Waals surface area contributed by atoms with Crippen LogP contribution in [0.1, 0.15) is 18.5 Å². The second-order valence-corrected chi connectivity index (χ2v) is 3.87. The van der Waals surface area contributed by atoms with Gasteiger partial charge in [0.1, 0.15) is 5.70 Å². The number of nitrogens with one attached hydrogen (secondary N) is 2. The Morgan fingerprint density at radius 2 is 2.28 bits per heavy atom. The number of carbonyl (C=O) groups is 2. The zero-order valence-corrected chi connectivity index (χ0v) is 10.1. The summed E-state index contributed by atoms with van der Waals surface area (Å²) in [5.41, 5.74) is 1.68. The Balaban J connectivity index is 2.42. The molecule has 1 aromatic rings. The topological polar surface area (TPSA) is 80.3 Å². The Kier molecular flexibility index (Phi) is 3.27. The summed E-state index contributed by atoms with van der Waals surface area (Å²) in [4.78, 5) is 27.1. The number of esters is 1. The van der Waals surface area contributed by atoms with E-state index >= 15 is 0 Å². The molecule has 0 bridgehead atoms. The van der Waals surface area contributed by atoms with Gasteiger partial charge in [0.15, 0.2) is 0 Å². The zero-order valence-electron chi connectivity index (χ0n) is 10.1. The van der Waals surface area contributed by atoms with E-state index in [9.17, 15) is 9.59 Å². The van der Waals surface area contributed by atoms with E-state index in [4.69, 9.17) is 0 Å². The number of hydrogen-bond acceptors (Lipinski definition) is 4. The van der Waals surface area contributed by atoms with Gasteiger partial charge in [-0.3, -0.25) is 4.98 Å². The second-order valence-electron chi connectivity index (χ2n) is 3.87. The minimum Gasteiger partial charge on any atom is -0.464 e. The minimum absolute atomic E-state index is 0.176. The van der Waals surface area contributed by atoms with Crippen molar-refractivity contribution in [1.29, 1.82) is 0 Å². The predicted molar refractivity (Wildman–Crippen MR) is 63.4 cm³/mol. The van der Waals surface area contributed by atoms with E-state index in [-0.39, 0.29) is 11.7 Å². The molecule has 1 aliphatic heterocycles. The molecule has 2 rings (SSSR count). The number of urea groups is 1. The highest BCUT2D eigenvalue weighted by Gasteiger charge is 2.29. The van der Waals surface area contributed by atoms with Crippen LogP contribution in [0.15, 0.2) is 35.8 Å². The average molecular weight is 247 g/mol. The lowest BCUT2D eigenvalue weighted by Gasteiger charge is -2.27. The van der Waals surface area contributed by atoms with E-state index in [1.165, 1.54) is 7.11 Å². The molecule has 1 aromatic heterocycles. The first-order valence-corrected chi connectivity index (χ1v) is 5.40. The lowest BCUT2D eigenvalue weighted by molar-refractivity contribution is -0.136. The SMILES string of the molecule is COC(=O)C1=C(C)[C@H](c2cccnc2)NC(=O)N1. The van der Waals surface area contributed by atoms with Crippen molar-refractivity contribution in [3.05, 3.63) is 41.4 Å². The molecule has 0 aromatic carbocycles. The standard InChI is InChI=1S/C12H13N3O3/c1-7-9(8-4-3-5-13-6-8)14-12(17)15-10(7)11(16)18-2/h3-6,9H,1-2H3,(H2,14,15,17)/t9-/m1/s1. The molecule has 2 amide bonds. The van der Waals surface area contributed by atoms with Crippen molar-refractivity contribution in [3.63, 3.8) is 0 Å². The molecule has 0 saturated heterocycles. The summed E-state index contributed by atoms with van der Waals surface area (Å²) in [5.74, 6) is -0.559. The molecule has 2 heterocycles. The zero-order chi connectivity index (χ0) is 13.1. The van der Waals surface area contributed by atoms with Gasteiger partial charge in [0, 0.05) is 12.4 Å². The molecular formula is C12H13N3O3. The van der Waals surface area contributed by atoms with Crippen LogP contribution in [0.25, 0.3) is 0 Å². The highest BCUT2D eigenvalue weighted by molar-refractivity contribution is 5.95. The van der Waals surface area contributed by atoms with Crippen LogP contribution in [-0.4, -0.2) is 24.1 Å². The summed E-state index contributed by atoms with van der Waals surface area (Å²) in [6, 6.07) is 2.80. The summed E-state index contributed by atoms with van der Waals surface area (Å²) < 4.78 is 4.64. The third kappa shape index (κ3) is 2.17. The Labute approximate surface area is 104 Å². The lowest BCUT2D eigenvalue weighted by atomic mass is 9.98. The number of methoxy groups -OCH3 is 1. The number of rotatable bonds is 2. The van der Waals surface area contributed by atoms with Gasteiger partial charge < -0.3 is 15.4 Å². The molecule has 6 heteroatoms. The molecule has 0 aliphatic carbocycles. The van der Waals surface area contributed by atoms with Crippen LogP contribution in [0.4, 0.5) is 4.79 Å². The Morgan fingerprint density at radius 1 is 1.50 bits per heavy atom. The van der Waals surface area contributed by atoms with Gasteiger partial charge in [-0.25, -0.2) is 9.59 Å². The van der Waals surface area contributed by atoms with Crippen molar-refractivity contribution in [1.82, 2.24) is 15.6 Å². The summed E-state index contributed by atoms with van der Waals surface area (Å²) in [6.07, 6.45) is 3.29. The Hall–Kier alpha value is -2.37. The number of carbonyl (C=O) groups excluding carboxylic acids is 2. The van der Waals surface area contributed by atoms with Gasteiger partial charge in [-0.05, 0) is 24.1 Å². The molecule has 1 aliphatic rings. The average Bonchev–Trinajstić information content (AvgIpc) is 2.41. The van der Waals surface area contributed by atoms with Crippen LogP contribution in [0, 0.1) is 0 Å². The van der Waals surface area contributed by atoms with Gasteiger partial charge in [-0.15, -0.1) is 0 Å². The first-order chi connectivity index (χ1) is 8.63. The highest BCUT2D eigenvalue weighted by Crippen LogP contribution is 2.25. The monoisotopic (exact) mass is 247 g/mol. The van der Waals surface area contributed by atoms with Crippen molar-refractivity contribution in [2.24, 2.45) is 0 Å². The summed E-state index contributed by atoms with van der Waals surface area (Å²) in [6.45, 7) is 1.76. The largest absolute Gasteiger partial charge is 0.464 e. The molecule has 2 N–H and O–H groups in total. The maximum atomic E-state index is 11.6. The fraction of sp³-hybridized carbons (Fsp3) is 0.250. The molecule has 0 unspecified atom stereocenters. The number of ether oxygens (including phenoxy) is 1. The predicted octanol–water partition coefficient (Wildman–Crippen LogP) is 0.882. The maximum absolute atomic E-state index is 11.6. The normalized spacial score (nSPS) is 19.0. The van der Waals surface area contributed by atoms with E-state index in [1.54, 1.807) is 25.4 Å². The summed E-state index contributed by atoms with van der Waals surface area (Å²) in [7, 11) is 1.27. The van der Waals surface area contributed by atoms with Crippen molar-refractivity contribution < 1.29 is 14.3 Å². The van der Waals surface area contributed by atoms with E-state index in [2.05, 4.69) is 20.4 Å². The van der Waals surface area contributed by atoms with Crippen LogP contribution >= 0.6 is 0 Å². The van der Waals surface area contributed by atoms with E-state index in [0.29, 0.717) is 5.57 Å². The van der Waals surface area contributed by atoms with Gasteiger partial charge in [0.25, 0.3) is 0 Å². The first-order valence-electron chi connectivity index (χ1n) is 5.40. The van der Waals surface area contributed by atoms with Gasteiger partial charge >= 0.3 is 12.0 Å². The molecule has 0 spiro atoms. The molecule has 0 fully saturated rings. The Bertz CT molecular complexity index is 511. The second kappa shape index (κ2) is 4.87. The fourth-order valence-electron chi connectivity index (χ4n) is 1.83. The van der Waals surface area contributed by atoms with Crippen molar-refractivity contribution in [2.75, 3.05) is 7.11 Å². The number of hydrogen-bond donors (Lipinski definition) is 2. The van der Waals surface area contributed by atoms with Crippen molar-refractivity contribution >= 4 is 12.0 Å². The quantitative estimate of drug-likeness (QED) is 0.760. The molecule has 94 valence electrons. The molecule has 6 nitrogen and oxygen atoms in total. The van der Waals surface area contributed by atoms with Gasteiger partial charge in [0.2, 0.25) is 0 Å². The Morgan fingerprint density at radius 3 is 2.89 bits per heavy atom. The lowest BCUT2D eigenvalue weighted by Crippen LogP contribution is -2.45. The molecule has 1 atom stereocenters. The fourth-order valence-corrected chi connectivity index (χ4v) is 1.83. The number of pyridine rings is 1. The third-order valence-electron chi connectivity index (χ3n) is 2.75. The maximum Gasteiger partial charge on any atom is 0.354 e.